The quantitative estimate of drug-likeness (QED) is 0.0401. The molecule has 24 heteroatoms. The van der Waals surface area contributed by atoms with Crippen molar-refractivity contribution in [1.29, 1.82) is 0 Å². The van der Waals surface area contributed by atoms with E-state index in [4.69, 9.17) is 25.1 Å². The second-order valence-electron chi connectivity index (χ2n) is 19.9. The summed E-state index contributed by atoms with van der Waals surface area (Å²) < 4.78 is 56.4. The summed E-state index contributed by atoms with van der Waals surface area (Å²) in [6.45, 7) is 15.1. The number of hydrogen-bond acceptors (Lipinski definition) is 15. The van der Waals surface area contributed by atoms with Crippen LogP contribution in [0.15, 0.2) is 126 Å². The van der Waals surface area contributed by atoms with Gasteiger partial charge in [-0.2, -0.15) is 18.2 Å². The molecule has 0 spiro atoms. The summed E-state index contributed by atoms with van der Waals surface area (Å²) in [5.74, 6) is -1.90. The molecular formula is C67H86F3N7O14. The van der Waals surface area contributed by atoms with Crippen molar-refractivity contribution in [3.63, 3.8) is 0 Å². The zero-order valence-electron chi connectivity index (χ0n) is 48.1. The zero-order chi connectivity index (χ0) is 63.1. The number of nitro groups is 2. The number of carboxylic acid groups (broad SMARTS) is 1. The Morgan fingerprint density at radius 2 is 0.945 bits per heavy atom. The van der Waals surface area contributed by atoms with Crippen molar-refractivity contribution >= 4 is 58.3 Å². The molecule has 6 aromatic carbocycles. The molecule has 3 amide bonds. The number of ketones is 1. The number of rotatable bonds is 11. The number of amides is 3. The predicted molar refractivity (Wildman–Crippen MR) is 346 cm³/mol. The summed E-state index contributed by atoms with van der Waals surface area (Å²) in [6.07, 6.45) is -3.44. The molecule has 0 aromatic heterocycles. The maximum Gasteiger partial charge on any atom is 0.416 e. The van der Waals surface area contributed by atoms with E-state index < -0.39 is 33.5 Å². The van der Waals surface area contributed by atoms with Crippen LogP contribution in [-0.4, -0.2) is 144 Å². The molecule has 3 heterocycles. The monoisotopic (exact) mass is 1270 g/mol. The van der Waals surface area contributed by atoms with Gasteiger partial charge in [-0.25, -0.2) is 9.59 Å². The van der Waals surface area contributed by atoms with Gasteiger partial charge in [0.15, 0.2) is 0 Å². The molecule has 0 atom stereocenters. The number of benzene rings is 6. The number of nitrogens with two attached hydrogens (primary N) is 1. The van der Waals surface area contributed by atoms with Crippen molar-refractivity contribution in [2.24, 2.45) is 4.99 Å². The Kier molecular flexibility index (Phi) is 35.4. The molecule has 91 heavy (non-hydrogen) atoms. The number of carbonyl (C=O) groups is 5. The highest BCUT2D eigenvalue weighted by molar-refractivity contribution is 5.96. The van der Waals surface area contributed by atoms with Gasteiger partial charge in [0.25, 0.3) is 29.1 Å². The lowest BCUT2D eigenvalue weighted by Gasteiger charge is -2.27. The van der Waals surface area contributed by atoms with Crippen LogP contribution in [0.4, 0.5) is 35.9 Å². The van der Waals surface area contributed by atoms with E-state index in [1.54, 1.807) is 42.2 Å². The van der Waals surface area contributed by atoms with E-state index in [0.29, 0.717) is 107 Å². The van der Waals surface area contributed by atoms with Gasteiger partial charge in [0.2, 0.25) is 6.08 Å². The Morgan fingerprint density at radius 3 is 1.34 bits per heavy atom. The van der Waals surface area contributed by atoms with Crippen LogP contribution in [-0.2, 0) is 42.8 Å². The number of aryl methyl sites for hydroxylation is 5. The average molecular weight is 1270 g/mol. The molecule has 0 aliphatic carbocycles. The molecule has 0 radical (unpaired) electrons. The normalized spacial score (nSPS) is 12.9. The molecule has 0 bridgehead atoms. The lowest BCUT2D eigenvalue weighted by atomic mass is 9.96. The number of nitro benzene ring substituents is 2. The molecule has 3 aliphatic rings. The first kappa shape index (κ1) is 81.5. The maximum absolute atomic E-state index is 13.6. The largest absolute Gasteiger partial charge is 0.478 e. The number of hydrogen-bond donors (Lipinski definition) is 2. The van der Waals surface area contributed by atoms with Crippen LogP contribution < -0.4 is 5.73 Å². The van der Waals surface area contributed by atoms with Gasteiger partial charge >= 0.3 is 12.1 Å². The molecule has 6 aromatic rings. The van der Waals surface area contributed by atoms with E-state index in [1.807, 2.05) is 68.1 Å². The first-order valence-electron chi connectivity index (χ1n) is 27.0. The number of aliphatic imine (C=N–C) groups is 1. The number of aromatic carboxylic acids is 1. The van der Waals surface area contributed by atoms with Crippen LogP contribution in [0.3, 0.4) is 0 Å². The fraction of sp³-hybridized carbons (Fsp3) is 0.373. The fourth-order valence-electron chi connectivity index (χ4n) is 8.84. The number of morpholine rings is 3. The van der Waals surface area contributed by atoms with E-state index in [-0.39, 0.29) is 95.6 Å². The number of isocyanates is 1. The van der Waals surface area contributed by atoms with Crippen molar-refractivity contribution in [3.05, 3.63) is 208 Å². The van der Waals surface area contributed by atoms with Crippen LogP contribution in [0, 0.1) is 54.8 Å². The van der Waals surface area contributed by atoms with Crippen molar-refractivity contribution in [2.45, 2.75) is 90.8 Å². The molecular weight excluding hydrogens is 1180 g/mol. The first-order chi connectivity index (χ1) is 40.9. The second-order valence-corrected chi connectivity index (χ2v) is 19.9. The van der Waals surface area contributed by atoms with Gasteiger partial charge in [-0.05, 0) is 124 Å². The Balaban J connectivity index is 0.00000115. The van der Waals surface area contributed by atoms with E-state index in [1.165, 1.54) is 60.4 Å². The smallest absolute Gasteiger partial charge is 0.416 e. The van der Waals surface area contributed by atoms with Crippen LogP contribution in [0.5, 0.6) is 0 Å². The Labute approximate surface area is 530 Å². The molecule has 0 saturated carbocycles. The third kappa shape index (κ3) is 25.5. The van der Waals surface area contributed by atoms with Crippen molar-refractivity contribution in [2.75, 3.05) is 84.6 Å². The van der Waals surface area contributed by atoms with E-state index >= 15 is 0 Å². The van der Waals surface area contributed by atoms with Crippen LogP contribution in [0.25, 0.3) is 0 Å². The SMILES string of the molecule is C.C.C.C.C.Cc1cc(C(=O)N2CCOCC2)ccc1N.Cc1cc(C(=O)N2CCOCC2)ccc1[N+](=O)[O-].Cc1cc(C(=O)O)ccc1[N+](=O)[O-].Cc1cccc(CC(=O)Cc2ccc(C(=O)N3CCOCC3)cc2C(F)(F)F)c1.Cc1cccc(N=C=O)c1. The van der Waals surface area contributed by atoms with Gasteiger partial charge in [0, 0.05) is 97.7 Å². The highest BCUT2D eigenvalue weighted by Gasteiger charge is 2.35. The maximum atomic E-state index is 13.6. The molecule has 21 nitrogen and oxygen atoms in total. The van der Waals surface area contributed by atoms with E-state index in [0.717, 1.165) is 34.0 Å². The van der Waals surface area contributed by atoms with Gasteiger partial charge in [0.05, 0.1) is 66.3 Å². The standard InChI is InChI=1S/C22H22F3NO3.C12H14N2O4.C12H16N2O2.C8H7NO4.C8H7NO.5CH4/c1-15-3-2-4-16(11-15)12-19(27)13-17-5-6-18(14-20(17)22(23,24)25)21(28)26-7-9-29-10-8-26;1-9-8-10(2-3-11(9)14(16)17)12(15)13-4-6-18-7-5-13;1-9-8-10(2-3-11(9)13)12(15)14-4-6-16-7-5-14;1-5-4-6(8(10)11)2-3-7(5)9(12)13;1-7-3-2-4-8(5-7)9-6-10;;;;;/h2-6,11,14H,7-10,12-13H2,1H3;2-3,8H,4-7H2,1H3;2-3,8H,4-7,13H2,1H3;2-4H,1H3,(H,10,11);2-5H,1H3;5*1H4. The number of ether oxygens (including phenoxy) is 3. The minimum absolute atomic E-state index is 0. The molecule has 3 aliphatic heterocycles. The molecule has 3 N–H and O–H groups in total. The third-order valence-corrected chi connectivity index (χ3v) is 13.4. The minimum atomic E-state index is -4.65. The average Bonchev–Trinajstić information content (AvgIpc) is 1.02. The summed E-state index contributed by atoms with van der Waals surface area (Å²) >= 11 is 0. The highest BCUT2D eigenvalue weighted by atomic mass is 19.4. The van der Waals surface area contributed by atoms with Gasteiger partial charge in [-0.15, -0.1) is 0 Å². The van der Waals surface area contributed by atoms with Crippen LogP contribution in [0.1, 0.15) is 123 Å². The summed E-state index contributed by atoms with van der Waals surface area (Å²) in [5.41, 5.74) is 11.9. The van der Waals surface area contributed by atoms with Crippen molar-refractivity contribution in [3.8, 4) is 0 Å². The topological polar surface area (TPSA) is 285 Å². The zero-order valence-corrected chi connectivity index (χ0v) is 48.1. The summed E-state index contributed by atoms with van der Waals surface area (Å²) in [6, 6.07) is 31.7. The molecule has 494 valence electrons. The summed E-state index contributed by atoms with van der Waals surface area (Å²) in [5, 5.41) is 29.6. The summed E-state index contributed by atoms with van der Waals surface area (Å²) in [7, 11) is 0. The fourth-order valence-corrected chi connectivity index (χ4v) is 8.84. The molecule has 3 saturated heterocycles. The highest BCUT2D eigenvalue weighted by Crippen LogP contribution is 2.34. The van der Waals surface area contributed by atoms with Gasteiger partial charge < -0.3 is 39.8 Å². The Morgan fingerprint density at radius 1 is 0.549 bits per heavy atom. The second kappa shape index (κ2) is 39.5. The van der Waals surface area contributed by atoms with Crippen LogP contribution >= 0.6 is 0 Å². The number of nitrogens with zero attached hydrogens (tertiary/aromatic N) is 6. The van der Waals surface area contributed by atoms with Crippen molar-refractivity contribution in [1.82, 2.24) is 14.7 Å². The number of Topliss-reactive ketones (excluding diaryl/α,β-unsaturated/α-hetero) is 1. The lowest BCUT2D eigenvalue weighted by molar-refractivity contribution is -0.385. The predicted octanol–water partition coefficient (Wildman–Crippen LogP) is 13.0. The summed E-state index contributed by atoms with van der Waals surface area (Å²) in [4.78, 5) is 97.9. The number of carboxylic acids is 1. The lowest BCUT2D eigenvalue weighted by Crippen LogP contribution is -2.40. The Bertz CT molecular complexity index is 3450. The van der Waals surface area contributed by atoms with Gasteiger partial charge in [-0.3, -0.25) is 39.4 Å². The Hall–Kier alpha value is -9.48. The molecule has 9 rings (SSSR count). The number of nitrogen functional groups attached to an aromatic ring is 1. The number of anilines is 1. The molecule has 3 fully saturated rings. The number of alkyl halides is 3. The minimum Gasteiger partial charge on any atom is -0.478 e. The number of carbonyl (C=O) groups excluding carboxylic acids is 5. The number of halogens is 3. The third-order valence-electron chi connectivity index (χ3n) is 13.4. The van der Waals surface area contributed by atoms with Gasteiger partial charge in [0.1, 0.15) is 5.78 Å². The van der Waals surface area contributed by atoms with Crippen molar-refractivity contribution < 1.29 is 71.1 Å². The van der Waals surface area contributed by atoms with E-state index in [2.05, 4.69) is 4.99 Å². The van der Waals surface area contributed by atoms with Gasteiger partial charge in [-0.1, -0.05) is 85.2 Å². The molecule has 0 unspecified atom stereocenters. The van der Waals surface area contributed by atoms with Crippen LogP contribution in [0.2, 0.25) is 0 Å². The first-order valence-corrected chi connectivity index (χ1v) is 27.0. The van der Waals surface area contributed by atoms with E-state index in [9.17, 15) is 62.2 Å².